The number of hydrogen-bond donors (Lipinski definition) is 1. The van der Waals surface area contributed by atoms with E-state index in [9.17, 15) is 9.18 Å². The van der Waals surface area contributed by atoms with Crippen LogP contribution in [0.3, 0.4) is 0 Å². The number of aryl methyl sites for hydroxylation is 1. The van der Waals surface area contributed by atoms with Gasteiger partial charge in [0.05, 0.1) is 0 Å². The second-order valence-corrected chi connectivity index (χ2v) is 2.87. The van der Waals surface area contributed by atoms with E-state index in [0.29, 0.717) is 6.42 Å². The second kappa shape index (κ2) is 4.56. The predicted octanol–water partition coefficient (Wildman–Crippen LogP) is 2.49. The molecule has 0 aliphatic rings. The molecule has 0 aliphatic carbocycles. The minimum Gasteiger partial charge on any atom is -0.478 e. The van der Waals surface area contributed by atoms with Gasteiger partial charge in [-0.2, -0.15) is 0 Å². The summed E-state index contributed by atoms with van der Waals surface area (Å²) in [7, 11) is 0. The molecule has 0 aromatic heterocycles. The number of rotatable bonds is 3. The number of carboxylic acid groups (broad SMARTS) is 1. The third-order valence-corrected chi connectivity index (χ3v) is 1.89. The minimum absolute atomic E-state index is 0.297. The highest BCUT2D eigenvalue weighted by Crippen LogP contribution is 2.13. The third-order valence-electron chi connectivity index (χ3n) is 1.89. The molecule has 0 amide bonds. The first-order chi connectivity index (χ1) is 6.63. The molecule has 1 aromatic rings. The topological polar surface area (TPSA) is 37.3 Å². The van der Waals surface area contributed by atoms with Gasteiger partial charge >= 0.3 is 5.97 Å². The second-order valence-electron chi connectivity index (χ2n) is 2.87. The highest BCUT2D eigenvalue weighted by atomic mass is 19.1. The van der Waals surface area contributed by atoms with Crippen LogP contribution in [0.25, 0.3) is 6.08 Å². The zero-order chi connectivity index (χ0) is 10.6. The molecular formula is C11H11FO2. The van der Waals surface area contributed by atoms with Gasteiger partial charge in [0.15, 0.2) is 0 Å². The largest absolute Gasteiger partial charge is 0.478 e. The molecule has 3 heteroatoms. The van der Waals surface area contributed by atoms with Crippen molar-refractivity contribution in [3.63, 3.8) is 0 Å². The summed E-state index contributed by atoms with van der Waals surface area (Å²) in [6, 6.07) is 4.32. The van der Waals surface area contributed by atoms with Gasteiger partial charge in [0, 0.05) is 6.08 Å². The summed E-state index contributed by atoms with van der Waals surface area (Å²) in [6.07, 6.45) is 3.20. The third kappa shape index (κ3) is 2.69. The van der Waals surface area contributed by atoms with Crippen LogP contribution >= 0.6 is 0 Å². The molecule has 0 radical (unpaired) electrons. The fraction of sp³-hybridized carbons (Fsp3) is 0.182. The van der Waals surface area contributed by atoms with Crippen molar-refractivity contribution in [2.75, 3.05) is 0 Å². The first-order valence-electron chi connectivity index (χ1n) is 4.33. The number of carboxylic acids is 1. The van der Waals surface area contributed by atoms with E-state index >= 15 is 0 Å². The van der Waals surface area contributed by atoms with Crippen LogP contribution in [-0.2, 0) is 11.2 Å². The molecule has 0 unspecified atom stereocenters. The van der Waals surface area contributed by atoms with Gasteiger partial charge in [0.1, 0.15) is 5.82 Å². The SMILES string of the molecule is CCc1cc(F)ccc1C=CC(=O)O. The molecule has 14 heavy (non-hydrogen) atoms. The summed E-state index contributed by atoms with van der Waals surface area (Å²) in [6.45, 7) is 1.90. The predicted molar refractivity (Wildman–Crippen MR) is 52.4 cm³/mol. The van der Waals surface area contributed by atoms with E-state index in [1.165, 1.54) is 18.2 Å². The summed E-state index contributed by atoms with van der Waals surface area (Å²) in [5, 5.41) is 8.43. The molecule has 1 N–H and O–H groups in total. The molecule has 0 spiro atoms. The van der Waals surface area contributed by atoms with Gasteiger partial charge in [-0.25, -0.2) is 9.18 Å². The maximum atomic E-state index is 12.8. The maximum Gasteiger partial charge on any atom is 0.328 e. The molecule has 0 aliphatic heterocycles. The average Bonchev–Trinajstić information content (AvgIpc) is 2.15. The molecule has 0 atom stereocenters. The van der Waals surface area contributed by atoms with Gasteiger partial charge in [-0.3, -0.25) is 0 Å². The Kier molecular flexibility index (Phi) is 3.40. The monoisotopic (exact) mass is 194 g/mol. The lowest BCUT2D eigenvalue weighted by atomic mass is 10.0. The highest BCUT2D eigenvalue weighted by Gasteiger charge is 1.99. The van der Waals surface area contributed by atoms with E-state index in [-0.39, 0.29) is 5.82 Å². The zero-order valence-electron chi connectivity index (χ0n) is 7.83. The Morgan fingerprint density at radius 3 is 2.86 bits per heavy atom. The molecule has 0 heterocycles. The van der Waals surface area contributed by atoms with Gasteiger partial charge in [0.2, 0.25) is 0 Å². The first-order valence-corrected chi connectivity index (χ1v) is 4.33. The van der Waals surface area contributed by atoms with Crippen LogP contribution in [0.15, 0.2) is 24.3 Å². The van der Waals surface area contributed by atoms with Crippen molar-refractivity contribution in [2.24, 2.45) is 0 Å². The van der Waals surface area contributed by atoms with Gasteiger partial charge < -0.3 is 5.11 Å². The normalized spacial score (nSPS) is 10.7. The van der Waals surface area contributed by atoms with Gasteiger partial charge in [-0.1, -0.05) is 13.0 Å². The molecule has 2 nitrogen and oxygen atoms in total. The van der Waals surface area contributed by atoms with Crippen LogP contribution in [0.4, 0.5) is 4.39 Å². The van der Waals surface area contributed by atoms with E-state index in [0.717, 1.165) is 17.2 Å². The van der Waals surface area contributed by atoms with Crippen molar-refractivity contribution >= 4 is 12.0 Å². The van der Waals surface area contributed by atoms with Gasteiger partial charge in [-0.05, 0) is 35.8 Å². The molecule has 0 fully saturated rings. The molecule has 1 aromatic carbocycles. The molecule has 1 rings (SSSR count). The van der Waals surface area contributed by atoms with Gasteiger partial charge in [0.25, 0.3) is 0 Å². The molecule has 0 bridgehead atoms. The van der Waals surface area contributed by atoms with Crippen molar-refractivity contribution in [1.29, 1.82) is 0 Å². The maximum absolute atomic E-state index is 12.8. The highest BCUT2D eigenvalue weighted by molar-refractivity contribution is 5.85. The van der Waals surface area contributed by atoms with E-state index in [1.54, 1.807) is 6.07 Å². The number of halogens is 1. The number of benzene rings is 1. The summed E-state index contributed by atoms with van der Waals surface area (Å²) in [5.74, 6) is -1.30. The quantitative estimate of drug-likeness (QED) is 0.750. The van der Waals surface area contributed by atoms with Crippen molar-refractivity contribution in [3.05, 3.63) is 41.2 Å². The standard InChI is InChI=1S/C11H11FO2/c1-2-8-7-10(12)5-3-9(8)4-6-11(13)14/h3-7H,2H2,1H3,(H,13,14). The van der Waals surface area contributed by atoms with E-state index in [1.807, 2.05) is 6.92 Å². The number of hydrogen-bond acceptors (Lipinski definition) is 1. The fourth-order valence-electron chi connectivity index (χ4n) is 1.20. The Hall–Kier alpha value is -1.64. The van der Waals surface area contributed by atoms with E-state index in [4.69, 9.17) is 5.11 Å². The number of aliphatic carboxylic acids is 1. The summed E-state index contributed by atoms with van der Waals surface area (Å²) >= 11 is 0. The Bertz CT molecular complexity index is 370. The van der Waals surface area contributed by atoms with Gasteiger partial charge in [-0.15, -0.1) is 0 Å². The van der Waals surface area contributed by atoms with Crippen LogP contribution in [0.2, 0.25) is 0 Å². The van der Waals surface area contributed by atoms with Crippen LogP contribution in [0, 0.1) is 5.82 Å². The first kappa shape index (κ1) is 10.4. The Balaban J connectivity index is 3.02. The fourth-order valence-corrected chi connectivity index (χ4v) is 1.20. The zero-order valence-corrected chi connectivity index (χ0v) is 7.83. The van der Waals surface area contributed by atoms with Crippen LogP contribution in [0.5, 0.6) is 0 Å². The van der Waals surface area contributed by atoms with Crippen molar-refractivity contribution in [2.45, 2.75) is 13.3 Å². The minimum atomic E-state index is -1.00. The van der Waals surface area contributed by atoms with E-state index in [2.05, 4.69) is 0 Å². The van der Waals surface area contributed by atoms with Crippen LogP contribution in [0.1, 0.15) is 18.1 Å². The summed E-state index contributed by atoms with van der Waals surface area (Å²) in [5.41, 5.74) is 1.55. The lowest BCUT2D eigenvalue weighted by Gasteiger charge is -2.02. The average molecular weight is 194 g/mol. The number of carbonyl (C=O) groups is 1. The van der Waals surface area contributed by atoms with E-state index < -0.39 is 5.97 Å². The molecule has 0 saturated carbocycles. The van der Waals surface area contributed by atoms with Crippen LogP contribution < -0.4 is 0 Å². The lowest BCUT2D eigenvalue weighted by molar-refractivity contribution is -0.131. The summed E-state index contributed by atoms with van der Waals surface area (Å²) < 4.78 is 12.8. The lowest BCUT2D eigenvalue weighted by Crippen LogP contribution is -1.90. The Morgan fingerprint density at radius 2 is 2.29 bits per heavy atom. The van der Waals surface area contributed by atoms with Crippen molar-refractivity contribution in [1.82, 2.24) is 0 Å². The van der Waals surface area contributed by atoms with Crippen LogP contribution in [-0.4, -0.2) is 11.1 Å². The molecule has 0 saturated heterocycles. The van der Waals surface area contributed by atoms with Crippen molar-refractivity contribution < 1.29 is 14.3 Å². The molecular weight excluding hydrogens is 183 g/mol. The summed E-state index contributed by atoms with van der Waals surface area (Å²) in [4.78, 5) is 10.3. The van der Waals surface area contributed by atoms with Crippen molar-refractivity contribution in [3.8, 4) is 0 Å². The Morgan fingerprint density at radius 1 is 1.57 bits per heavy atom. The smallest absolute Gasteiger partial charge is 0.328 e. The Labute approximate surface area is 81.7 Å². The molecule has 74 valence electrons.